The number of methoxy groups -OCH3 is 2. The predicted octanol–water partition coefficient (Wildman–Crippen LogP) is 4.73. The number of hydrogen-bond donors (Lipinski definition) is 0. The quantitative estimate of drug-likeness (QED) is 0.559. The largest absolute Gasteiger partial charge is 0.493 e. The number of fused-ring (bicyclic) bond motifs is 1. The molecule has 0 saturated carbocycles. The van der Waals surface area contributed by atoms with Gasteiger partial charge in [0.05, 0.1) is 25.5 Å². The summed E-state index contributed by atoms with van der Waals surface area (Å²) in [5, 5.41) is 2.70. The fraction of sp³-hybridized carbons (Fsp3) is 0.300. The number of para-hydroxylation sites is 1. The van der Waals surface area contributed by atoms with Gasteiger partial charge in [-0.1, -0.05) is 6.07 Å². The van der Waals surface area contributed by atoms with Crippen molar-refractivity contribution in [2.24, 2.45) is 0 Å². The molecule has 1 aliphatic rings. The first-order chi connectivity index (χ1) is 13.2. The van der Waals surface area contributed by atoms with Gasteiger partial charge < -0.3 is 14.2 Å². The predicted molar refractivity (Wildman–Crippen MR) is 106 cm³/mol. The zero-order chi connectivity index (χ0) is 18.8. The van der Waals surface area contributed by atoms with E-state index in [9.17, 15) is 4.79 Å². The molecular weight excluding hydrogens is 382 g/mol. The van der Waals surface area contributed by atoms with Crippen LogP contribution in [0.1, 0.15) is 32.2 Å². The van der Waals surface area contributed by atoms with Crippen molar-refractivity contribution in [1.82, 2.24) is 4.98 Å². The lowest BCUT2D eigenvalue weighted by molar-refractivity contribution is 0.0474. The molecule has 5 nitrogen and oxygen atoms in total. The van der Waals surface area contributed by atoms with Crippen LogP contribution >= 0.6 is 22.7 Å². The summed E-state index contributed by atoms with van der Waals surface area (Å²) in [6.07, 6.45) is 3.33. The minimum Gasteiger partial charge on any atom is -0.493 e. The number of hydrogen-bond acceptors (Lipinski definition) is 7. The Morgan fingerprint density at radius 1 is 1.22 bits per heavy atom. The van der Waals surface area contributed by atoms with Crippen LogP contribution in [-0.4, -0.2) is 25.2 Å². The molecule has 2 aromatic heterocycles. The number of carbonyl (C=O) groups excluding carboxylic acids is 1. The van der Waals surface area contributed by atoms with Gasteiger partial charge >= 0.3 is 5.97 Å². The van der Waals surface area contributed by atoms with Gasteiger partial charge in [-0.15, -0.1) is 22.7 Å². The molecule has 3 aromatic rings. The van der Waals surface area contributed by atoms with Crippen molar-refractivity contribution in [3.05, 3.63) is 50.7 Å². The topological polar surface area (TPSA) is 57.7 Å². The molecule has 140 valence electrons. The van der Waals surface area contributed by atoms with E-state index in [1.54, 1.807) is 25.6 Å². The first-order valence-corrected chi connectivity index (χ1v) is 10.3. The van der Waals surface area contributed by atoms with E-state index in [1.807, 2.05) is 29.6 Å². The van der Waals surface area contributed by atoms with Crippen molar-refractivity contribution in [3.63, 3.8) is 0 Å². The lowest BCUT2D eigenvalue weighted by Crippen LogP contribution is -2.03. The molecule has 0 unspecified atom stereocenters. The number of nitrogens with zero attached hydrogens (tertiary/aromatic N) is 1. The molecular formula is C20H19NO4S2. The van der Waals surface area contributed by atoms with Gasteiger partial charge in [-0.25, -0.2) is 9.78 Å². The van der Waals surface area contributed by atoms with E-state index in [0.29, 0.717) is 16.4 Å². The van der Waals surface area contributed by atoms with Gasteiger partial charge in [0.25, 0.3) is 0 Å². The summed E-state index contributed by atoms with van der Waals surface area (Å²) in [6, 6.07) is 7.65. The highest BCUT2D eigenvalue weighted by Crippen LogP contribution is 2.39. The number of thiophene rings is 1. The molecule has 1 aliphatic carbocycles. The van der Waals surface area contributed by atoms with Crippen LogP contribution in [0.2, 0.25) is 0 Å². The highest BCUT2D eigenvalue weighted by atomic mass is 32.1. The normalized spacial score (nSPS) is 12.7. The smallest absolute Gasteiger partial charge is 0.348 e. The van der Waals surface area contributed by atoms with E-state index in [4.69, 9.17) is 14.2 Å². The number of carbonyl (C=O) groups is 1. The van der Waals surface area contributed by atoms with Crippen LogP contribution in [0.5, 0.6) is 11.5 Å². The molecule has 2 heterocycles. The molecule has 0 fully saturated rings. The van der Waals surface area contributed by atoms with Crippen molar-refractivity contribution in [2.75, 3.05) is 14.2 Å². The number of ether oxygens (including phenoxy) is 3. The molecule has 0 radical (unpaired) electrons. The summed E-state index contributed by atoms with van der Waals surface area (Å²) in [4.78, 5) is 18.9. The molecule has 27 heavy (non-hydrogen) atoms. The van der Waals surface area contributed by atoms with Crippen LogP contribution in [0.3, 0.4) is 0 Å². The van der Waals surface area contributed by atoms with Crippen LogP contribution in [0, 0.1) is 0 Å². The Labute approximate surface area is 165 Å². The van der Waals surface area contributed by atoms with Crippen LogP contribution in [0.15, 0.2) is 29.6 Å². The molecule has 0 aliphatic heterocycles. The number of thiazole rings is 1. The second-order valence-corrected chi connectivity index (χ2v) is 8.17. The van der Waals surface area contributed by atoms with E-state index >= 15 is 0 Å². The maximum absolute atomic E-state index is 12.3. The summed E-state index contributed by atoms with van der Waals surface area (Å²) in [6.45, 7) is 0.157. The summed E-state index contributed by atoms with van der Waals surface area (Å²) in [7, 11) is 3.21. The van der Waals surface area contributed by atoms with Crippen molar-refractivity contribution in [1.29, 1.82) is 0 Å². The van der Waals surface area contributed by atoms with Gasteiger partial charge in [0, 0.05) is 10.3 Å². The Morgan fingerprint density at radius 3 is 2.89 bits per heavy atom. The van der Waals surface area contributed by atoms with Crippen LogP contribution in [0.25, 0.3) is 10.6 Å². The highest BCUT2D eigenvalue weighted by molar-refractivity contribution is 7.14. The lowest BCUT2D eigenvalue weighted by Gasteiger charge is -2.10. The van der Waals surface area contributed by atoms with Gasteiger partial charge in [-0.2, -0.15) is 0 Å². The first-order valence-electron chi connectivity index (χ1n) is 8.64. The maximum atomic E-state index is 12.3. The van der Waals surface area contributed by atoms with E-state index < -0.39 is 0 Å². The Bertz CT molecular complexity index is 955. The zero-order valence-electron chi connectivity index (χ0n) is 15.1. The molecule has 0 spiro atoms. The minimum absolute atomic E-state index is 0.157. The average molecular weight is 402 g/mol. The van der Waals surface area contributed by atoms with Gasteiger partial charge in [-0.3, -0.25) is 0 Å². The first kappa shape index (κ1) is 18.0. The average Bonchev–Trinajstić information content (AvgIpc) is 3.41. The fourth-order valence-electron chi connectivity index (χ4n) is 3.19. The molecule has 0 amide bonds. The molecule has 1 aromatic carbocycles. The number of rotatable bonds is 6. The molecule has 0 N–H and O–H groups in total. The van der Waals surface area contributed by atoms with Gasteiger partial charge in [0.15, 0.2) is 11.5 Å². The lowest BCUT2D eigenvalue weighted by atomic mass is 10.2. The summed E-state index contributed by atoms with van der Waals surface area (Å²) < 4.78 is 16.3. The molecule has 0 bridgehead atoms. The van der Waals surface area contributed by atoms with E-state index in [2.05, 4.69) is 4.98 Å². The second kappa shape index (κ2) is 7.70. The van der Waals surface area contributed by atoms with Gasteiger partial charge in [0.1, 0.15) is 16.5 Å². The standard InChI is InChI=1S/C20H19NO4S2/c1-23-15-7-4-6-14(18(15)24-2)19-21-13(11-26-19)10-25-20(22)17-9-12-5-3-8-16(12)27-17/h4,6-7,9,11H,3,5,8,10H2,1-2H3. The molecule has 4 rings (SSSR count). The van der Waals surface area contributed by atoms with Crippen LogP contribution in [0.4, 0.5) is 0 Å². The third-order valence-electron chi connectivity index (χ3n) is 4.48. The minimum atomic E-state index is -0.275. The number of benzene rings is 1. The van der Waals surface area contributed by atoms with Crippen molar-refractivity contribution in [2.45, 2.75) is 25.9 Å². The van der Waals surface area contributed by atoms with E-state index in [0.717, 1.165) is 29.1 Å². The third-order valence-corrected chi connectivity index (χ3v) is 6.63. The van der Waals surface area contributed by atoms with Crippen LogP contribution in [-0.2, 0) is 24.2 Å². The number of aromatic nitrogens is 1. The Morgan fingerprint density at radius 2 is 2.11 bits per heavy atom. The third kappa shape index (κ3) is 3.57. The second-order valence-electron chi connectivity index (χ2n) is 6.17. The zero-order valence-corrected chi connectivity index (χ0v) is 16.7. The maximum Gasteiger partial charge on any atom is 0.348 e. The van der Waals surface area contributed by atoms with Crippen molar-refractivity contribution < 1.29 is 19.0 Å². The fourth-order valence-corrected chi connectivity index (χ4v) is 5.17. The van der Waals surface area contributed by atoms with Crippen molar-refractivity contribution >= 4 is 28.6 Å². The Balaban J connectivity index is 1.46. The van der Waals surface area contributed by atoms with Crippen LogP contribution < -0.4 is 9.47 Å². The van der Waals surface area contributed by atoms with Gasteiger partial charge in [0.2, 0.25) is 0 Å². The van der Waals surface area contributed by atoms with E-state index in [-0.39, 0.29) is 12.6 Å². The molecule has 0 atom stereocenters. The van der Waals surface area contributed by atoms with E-state index in [1.165, 1.54) is 28.2 Å². The molecule has 0 saturated heterocycles. The number of aryl methyl sites for hydroxylation is 2. The summed E-state index contributed by atoms with van der Waals surface area (Å²) in [5.74, 6) is 1.03. The molecule has 7 heteroatoms. The SMILES string of the molecule is COc1cccc(-c2nc(COC(=O)c3cc4c(s3)CCC4)cs2)c1OC. The summed E-state index contributed by atoms with van der Waals surface area (Å²) >= 11 is 3.04. The highest BCUT2D eigenvalue weighted by Gasteiger charge is 2.20. The Hall–Kier alpha value is -2.38. The van der Waals surface area contributed by atoms with Crippen molar-refractivity contribution in [3.8, 4) is 22.1 Å². The number of esters is 1. The monoisotopic (exact) mass is 401 g/mol. The Kier molecular flexibility index (Phi) is 5.13. The van der Waals surface area contributed by atoms with Gasteiger partial charge in [-0.05, 0) is 43.0 Å². The summed E-state index contributed by atoms with van der Waals surface area (Å²) in [5.41, 5.74) is 2.87.